The summed E-state index contributed by atoms with van der Waals surface area (Å²) >= 11 is 0. The van der Waals surface area contributed by atoms with Crippen molar-refractivity contribution in [2.24, 2.45) is 5.41 Å². The standard InChI is InChI=1S/C9H18OSi/c1-8(2,3)6-7-9(4,5)10-11/h1-5,11H3. The first kappa shape index (κ1) is 10.7. The minimum atomic E-state index is -0.250. The van der Waals surface area contributed by atoms with Gasteiger partial charge in [0.05, 0.1) is 0 Å². The van der Waals surface area contributed by atoms with Gasteiger partial charge in [0.25, 0.3) is 0 Å². The van der Waals surface area contributed by atoms with Crippen LogP contribution in [0.25, 0.3) is 0 Å². The summed E-state index contributed by atoms with van der Waals surface area (Å²) < 4.78 is 5.30. The lowest BCUT2D eigenvalue weighted by Crippen LogP contribution is -2.21. The molecule has 0 aliphatic heterocycles. The van der Waals surface area contributed by atoms with Crippen LogP contribution in [0.1, 0.15) is 34.6 Å². The molecule has 0 heterocycles. The fourth-order valence-corrected chi connectivity index (χ4v) is 0.491. The molecular weight excluding hydrogens is 152 g/mol. The van der Waals surface area contributed by atoms with Crippen LogP contribution >= 0.6 is 0 Å². The SMILES string of the molecule is CC(C)(C)C#CC(C)(C)O[SiH3]. The van der Waals surface area contributed by atoms with E-state index in [0.29, 0.717) is 0 Å². The third-order valence-electron chi connectivity index (χ3n) is 1.25. The fraction of sp³-hybridized carbons (Fsp3) is 0.778. The quantitative estimate of drug-likeness (QED) is 0.423. The largest absolute Gasteiger partial charge is 0.413 e. The summed E-state index contributed by atoms with van der Waals surface area (Å²) in [5.74, 6) is 6.27. The first-order valence-corrected chi connectivity index (χ1v) is 4.68. The van der Waals surface area contributed by atoms with Gasteiger partial charge in [-0.05, 0) is 34.6 Å². The van der Waals surface area contributed by atoms with Crippen LogP contribution in [0.15, 0.2) is 0 Å². The van der Waals surface area contributed by atoms with Crippen molar-refractivity contribution in [1.29, 1.82) is 0 Å². The predicted molar refractivity (Wildman–Crippen MR) is 52.3 cm³/mol. The van der Waals surface area contributed by atoms with Crippen LogP contribution in [-0.4, -0.2) is 16.1 Å². The molecule has 0 N–H and O–H groups in total. The molecule has 0 bridgehead atoms. The van der Waals surface area contributed by atoms with Crippen molar-refractivity contribution < 1.29 is 4.43 Å². The maximum Gasteiger partial charge on any atom is 0.148 e. The molecule has 0 fully saturated rings. The molecule has 11 heavy (non-hydrogen) atoms. The van der Waals surface area contributed by atoms with Crippen LogP contribution in [-0.2, 0) is 4.43 Å². The van der Waals surface area contributed by atoms with Crippen LogP contribution in [0.3, 0.4) is 0 Å². The van der Waals surface area contributed by atoms with Gasteiger partial charge in [0.15, 0.2) is 0 Å². The third kappa shape index (κ3) is 6.15. The second-order valence-electron chi connectivity index (χ2n) is 4.21. The van der Waals surface area contributed by atoms with E-state index in [0.717, 1.165) is 10.5 Å². The minimum absolute atomic E-state index is 0.0807. The summed E-state index contributed by atoms with van der Waals surface area (Å²) in [5, 5.41) is 0. The molecule has 0 saturated carbocycles. The lowest BCUT2D eigenvalue weighted by atomic mass is 9.96. The Morgan fingerprint density at radius 3 is 1.73 bits per heavy atom. The van der Waals surface area contributed by atoms with E-state index in [2.05, 4.69) is 32.6 Å². The van der Waals surface area contributed by atoms with Gasteiger partial charge in [-0.25, -0.2) is 0 Å². The van der Waals surface area contributed by atoms with Crippen LogP contribution in [0.5, 0.6) is 0 Å². The van der Waals surface area contributed by atoms with Crippen LogP contribution in [0.2, 0.25) is 0 Å². The highest BCUT2D eigenvalue weighted by molar-refractivity contribution is 5.98. The Labute approximate surface area is 73.1 Å². The van der Waals surface area contributed by atoms with E-state index in [-0.39, 0.29) is 11.0 Å². The Hall–Kier alpha value is -0.263. The molecule has 0 spiro atoms. The normalized spacial score (nSPS) is 12.5. The molecule has 2 heteroatoms. The minimum Gasteiger partial charge on any atom is -0.413 e. The van der Waals surface area contributed by atoms with Crippen LogP contribution < -0.4 is 0 Å². The number of rotatable bonds is 1. The summed E-state index contributed by atoms with van der Waals surface area (Å²) in [7, 11) is 0.746. The Bertz CT molecular complexity index is 178. The van der Waals surface area contributed by atoms with Gasteiger partial charge in [-0.1, -0.05) is 11.8 Å². The van der Waals surface area contributed by atoms with E-state index in [1.54, 1.807) is 0 Å². The molecule has 0 saturated heterocycles. The number of hydrogen-bond acceptors (Lipinski definition) is 1. The van der Waals surface area contributed by atoms with E-state index in [9.17, 15) is 0 Å². The van der Waals surface area contributed by atoms with Crippen molar-refractivity contribution in [1.82, 2.24) is 0 Å². The molecule has 0 radical (unpaired) electrons. The van der Waals surface area contributed by atoms with Crippen molar-refractivity contribution >= 4 is 10.5 Å². The summed E-state index contributed by atoms with van der Waals surface area (Å²) in [6.45, 7) is 10.3. The van der Waals surface area contributed by atoms with E-state index in [1.165, 1.54) is 0 Å². The van der Waals surface area contributed by atoms with Crippen molar-refractivity contribution in [3.05, 3.63) is 0 Å². The van der Waals surface area contributed by atoms with E-state index in [4.69, 9.17) is 4.43 Å². The van der Waals surface area contributed by atoms with Gasteiger partial charge in [0.2, 0.25) is 0 Å². The molecule has 1 nitrogen and oxygen atoms in total. The monoisotopic (exact) mass is 170 g/mol. The molecule has 0 amide bonds. The van der Waals surface area contributed by atoms with Gasteiger partial charge in [0.1, 0.15) is 16.1 Å². The third-order valence-corrected chi connectivity index (χ3v) is 2.27. The van der Waals surface area contributed by atoms with Gasteiger partial charge in [-0.2, -0.15) is 0 Å². The summed E-state index contributed by atoms with van der Waals surface area (Å²) in [4.78, 5) is 0. The van der Waals surface area contributed by atoms with Crippen molar-refractivity contribution in [3.8, 4) is 11.8 Å². The molecule has 0 aliphatic rings. The van der Waals surface area contributed by atoms with Crippen molar-refractivity contribution in [2.75, 3.05) is 0 Å². The molecule has 0 atom stereocenters. The zero-order valence-corrected chi connectivity index (χ0v) is 10.4. The van der Waals surface area contributed by atoms with Crippen LogP contribution in [0.4, 0.5) is 0 Å². The Morgan fingerprint density at radius 1 is 1.00 bits per heavy atom. The second-order valence-corrected chi connectivity index (χ2v) is 4.62. The topological polar surface area (TPSA) is 9.23 Å². The highest BCUT2D eigenvalue weighted by Crippen LogP contribution is 2.12. The number of hydrogen-bond donors (Lipinski definition) is 0. The molecule has 0 aromatic rings. The van der Waals surface area contributed by atoms with E-state index < -0.39 is 0 Å². The van der Waals surface area contributed by atoms with Crippen LogP contribution in [0, 0.1) is 17.3 Å². The lowest BCUT2D eigenvalue weighted by molar-refractivity contribution is 0.191. The Balaban J connectivity index is 4.29. The first-order valence-electron chi connectivity index (χ1n) is 3.86. The van der Waals surface area contributed by atoms with Crippen molar-refractivity contribution in [3.63, 3.8) is 0 Å². The van der Waals surface area contributed by atoms with Gasteiger partial charge in [0, 0.05) is 5.41 Å². The smallest absolute Gasteiger partial charge is 0.148 e. The van der Waals surface area contributed by atoms with Gasteiger partial charge < -0.3 is 4.43 Å². The summed E-state index contributed by atoms with van der Waals surface area (Å²) in [6.07, 6.45) is 0. The Morgan fingerprint density at radius 2 is 1.45 bits per heavy atom. The van der Waals surface area contributed by atoms with Crippen molar-refractivity contribution in [2.45, 2.75) is 40.2 Å². The second kappa shape index (κ2) is 3.42. The zero-order valence-electron chi connectivity index (χ0n) is 8.41. The Kier molecular flexibility index (Phi) is 3.34. The van der Waals surface area contributed by atoms with Gasteiger partial charge >= 0.3 is 0 Å². The molecule has 0 rings (SSSR count). The summed E-state index contributed by atoms with van der Waals surface area (Å²) in [6, 6.07) is 0. The van der Waals surface area contributed by atoms with E-state index in [1.807, 2.05) is 13.8 Å². The molecule has 0 unspecified atom stereocenters. The molecule has 0 aliphatic carbocycles. The van der Waals surface area contributed by atoms with Gasteiger partial charge in [-0.3, -0.25) is 0 Å². The highest BCUT2D eigenvalue weighted by atomic mass is 28.2. The fourth-order valence-electron chi connectivity index (χ4n) is 0.389. The van der Waals surface area contributed by atoms with E-state index >= 15 is 0 Å². The molecule has 0 aromatic carbocycles. The lowest BCUT2D eigenvalue weighted by Gasteiger charge is -2.17. The molecule has 64 valence electrons. The highest BCUT2D eigenvalue weighted by Gasteiger charge is 2.12. The maximum absolute atomic E-state index is 5.30. The first-order chi connectivity index (χ1) is 4.77. The summed E-state index contributed by atoms with van der Waals surface area (Å²) in [5.41, 5.74) is -0.170. The average Bonchev–Trinajstić information content (AvgIpc) is 1.83. The maximum atomic E-state index is 5.30. The molecule has 0 aromatic heterocycles. The predicted octanol–water partition coefficient (Wildman–Crippen LogP) is 1.11. The molecular formula is C9H18OSi. The van der Waals surface area contributed by atoms with Gasteiger partial charge in [-0.15, -0.1) is 0 Å². The average molecular weight is 170 g/mol. The zero-order chi connectivity index (χ0) is 9.12.